The summed E-state index contributed by atoms with van der Waals surface area (Å²) in [5.41, 5.74) is 0. The summed E-state index contributed by atoms with van der Waals surface area (Å²) in [6.07, 6.45) is 6.79. The molecule has 1 atom stereocenters. The maximum atomic E-state index is 5.81. The van der Waals surface area contributed by atoms with Gasteiger partial charge in [-0.15, -0.1) is 0 Å². The number of hydrogen-bond donors (Lipinski definition) is 0. The number of ether oxygens (including phenoxy) is 2. The molecule has 1 aromatic heterocycles. The number of unbranched alkanes of at least 4 members (excludes halogenated alkanes) is 1. The van der Waals surface area contributed by atoms with Crippen LogP contribution in [0.4, 0.5) is 0 Å². The summed E-state index contributed by atoms with van der Waals surface area (Å²) in [5, 5.41) is 4.79. The second-order valence-corrected chi connectivity index (χ2v) is 5.79. The summed E-state index contributed by atoms with van der Waals surface area (Å²) in [4.78, 5) is 4.84. The Morgan fingerprint density at radius 3 is 2.75 bits per heavy atom. The van der Waals surface area contributed by atoms with Crippen LogP contribution in [0.25, 0.3) is 0 Å². The van der Waals surface area contributed by atoms with E-state index in [1.807, 2.05) is 0 Å². The highest BCUT2D eigenvalue weighted by atomic mass is 16.5. The van der Waals surface area contributed by atoms with Gasteiger partial charge in [0.05, 0.1) is 0 Å². The lowest BCUT2D eigenvalue weighted by Gasteiger charge is -2.18. The SMILES string of the molecule is CCCCn1nc(C2CCOCC2)nc1C1CCCO1. The number of rotatable bonds is 5. The quantitative estimate of drug-likeness (QED) is 0.831. The summed E-state index contributed by atoms with van der Waals surface area (Å²) < 4.78 is 13.3. The third kappa shape index (κ3) is 3.04. The molecule has 2 saturated heterocycles. The lowest BCUT2D eigenvalue weighted by Crippen LogP contribution is -2.15. The van der Waals surface area contributed by atoms with Crippen molar-refractivity contribution in [1.82, 2.24) is 14.8 Å². The zero-order chi connectivity index (χ0) is 13.8. The number of nitrogens with zero attached hydrogens (tertiary/aromatic N) is 3. The summed E-state index contributed by atoms with van der Waals surface area (Å²) in [5.74, 6) is 2.53. The standard InChI is InChI=1S/C15H25N3O2/c1-2-3-8-18-15(13-5-4-9-20-13)16-14(17-18)12-6-10-19-11-7-12/h12-13H,2-11H2,1H3. The predicted octanol–water partition coefficient (Wildman–Crippen LogP) is 2.82. The molecule has 3 heterocycles. The molecule has 112 valence electrons. The molecule has 2 aliphatic rings. The van der Waals surface area contributed by atoms with Gasteiger partial charge in [0.25, 0.3) is 0 Å². The lowest BCUT2D eigenvalue weighted by molar-refractivity contribution is 0.0834. The zero-order valence-corrected chi connectivity index (χ0v) is 12.4. The van der Waals surface area contributed by atoms with E-state index >= 15 is 0 Å². The van der Waals surface area contributed by atoms with Gasteiger partial charge in [0, 0.05) is 32.3 Å². The predicted molar refractivity (Wildman–Crippen MR) is 75.7 cm³/mol. The third-order valence-electron chi connectivity index (χ3n) is 4.24. The van der Waals surface area contributed by atoms with Gasteiger partial charge in [-0.1, -0.05) is 13.3 Å². The maximum absolute atomic E-state index is 5.81. The van der Waals surface area contributed by atoms with Crippen molar-refractivity contribution in [3.05, 3.63) is 11.6 Å². The minimum atomic E-state index is 0.160. The molecule has 0 amide bonds. The molecule has 0 aromatic carbocycles. The Morgan fingerprint density at radius 1 is 1.20 bits per heavy atom. The Balaban J connectivity index is 1.79. The normalized spacial score (nSPS) is 24.4. The van der Waals surface area contributed by atoms with E-state index in [2.05, 4.69) is 11.6 Å². The molecule has 2 fully saturated rings. The van der Waals surface area contributed by atoms with Crippen molar-refractivity contribution < 1.29 is 9.47 Å². The van der Waals surface area contributed by atoms with Gasteiger partial charge in [-0.2, -0.15) is 5.10 Å². The van der Waals surface area contributed by atoms with Crippen LogP contribution in [0.2, 0.25) is 0 Å². The molecule has 0 spiro atoms. The molecule has 0 bridgehead atoms. The fraction of sp³-hybridized carbons (Fsp3) is 0.867. The number of hydrogen-bond acceptors (Lipinski definition) is 4. The Labute approximate surface area is 120 Å². The molecule has 0 N–H and O–H groups in total. The monoisotopic (exact) mass is 279 g/mol. The highest BCUT2D eigenvalue weighted by Gasteiger charge is 2.27. The van der Waals surface area contributed by atoms with Crippen LogP contribution in [0.5, 0.6) is 0 Å². The topological polar surface area (TPSA) is 49.2 Å². The van der Waals surface area contributed by atoms with Crippen molar-refractivity contribution in [3.63, 3.8) is 0 Å². The molecular weight excluding hydrogens is 254 g/mol. The van der Waals surface area contributed by atoms with Crippen LogP contribution >= 0.6 is 0 Å². The first-order chi connectivity index (χ1) is 9.88. The fourth-order valence-corrected chi connectivity index (χ4v) is 2.99. The van der Waals surface area contributed by atoms with E-state index in [-0.39, 0.29) is 6.10 Å². The van der Waals surface area contributed by atoms with Gasteiger partial charge >= 0.3 is 0 Å². The molecule has 2 aliphatic heterocycles. The molecule has 3 rings (SSSR count). The van der Waals surface area contributed by atoms with Crippen LogP contribution in [-0.4, -0.2) is 34.6 Å². The summed E-state index contributed by atoms with van der Waals surface area (Å²) in [6.45, 7) is 5.70. The summed E-state index contributed by atoms with van der Waals surface area (Å²) in [6, 6.07) is 0. The molecule has 0 aliphatic carbocycles. The van der Waals surface area contributed by atoms with Crippen molar-refractivity contribution >= 4 is 0 Å². The number of aromatic nitrogens is 3. The van der Waals surface area contributed by atoms with E-state index in [0.717, 1.165) is 70.1 Å². The second kappa shape index (κ2) is 6.68. The maximum Gasteiger partial charge on any atom is 0.156 e. The first-order valence-corrected chi connectivity index (χ1v) is 8.02. The Hall–Kier alpha value is -0.940. The molecule has 5 nitrogen and oxygen atoms in total. The van der Waals surface area contributed by atoms with Crippen LogP contribution in [0.15, 0.2) is 0 Å². The zero-order valence-electron chi connectivity index (χ0n) is 12.4. The largest absolute Gasteiger partial charge is 0.381 e. The summed E-state index contributed by atoms with van der Waals surface area (Å²) in [7, 11) is 0. The van der Waals surface area contributed by atoms with E-state index in [1.165, 1.54) is 6.42 Å². The van der Waals surface area contributed by atoms with Crippen molar-refractivity contribution in [1.29, 1.82) is 0 Å². The highest BCUT2D eigenvalue weighted by Crippen LogP contribution is 2.30. The first-order valence-electron chi connectivity index (χ1n) is 8.02. The third-order valence-corrected chi connectivity index (χ3v) is 4.24. The van der Waals surface area contributed by atoms with Gasteiger partial charge in [-0.3, -0.25) is 0 Å². The van der Waals surface area contributed by atoms with Crippen LogP contribution in [0.3, 0.4) is 0 Å². The smallest absolute Gasteiger partial charge is 0.156 e. The first kappa shape index (κ1) is 14.0. The average Bonchev–Trinajstić information content (AvgIpc) is 3.15. The molecule has 1 unspecified atom stereocenters. The minimum Gasteiger partial charge on any atom is -0.381 e. The average molecular weight is 279 g/mol. The van der Waals surface area contributed by atoms with E-state index in [0.29, 0.717) is 5.92 Å². The van der Waals surface area contributed by atoms with E-state index in [4.69, 9.17) is 19.6 Å². The van der Waals surface area contributed by atoms with Crippen molar-refractivity contribution in [2.75, 3.05) is 19.8 Å². The summed E-state index contributed by atoms with van der Waals surface area (Å²) >= 11 is 0. The van der Waals surface area contributed by atoms with Crippen molar-refractivity contribution in [2.45, 2.75) is 64.0 Å². The second-order valence-electron chi connectivity index (χ2n) is 5.79. The van der Waals surface area contributed by atoms with Gasteiger partial charge in [-0.25, -0.2) is 9.67 Å². The molecular formula is C15H25N3O2. The molecule has 5 heteroatoms. The molecule has 0 radical (unpaired) electrons. The molecule has 20 heavy (non-hydrogen) atoms. The van der Waals surface area contributed by atoms with Gasteiger partial charge in [0.1, 0.15) is 6.10 Å². The Morgan fingerprint density at radius 2 is 2.05 bits per heavy atom. The van der Waals surface area contributed by atoms with Crippen LogP contribution in [0, 0.1) is 0 Å². The molecule has 1 aromatic rings. The lowest BCUT2D eigenvalue weighted by atomic mass is 10.00. The number of aryl methyl sites for hydroxylation is 1. The van der Waals surface area contributed by atoms with Crippen molar-refractivity contribution in [3.8, 4) is 0 Å². The van der Waals surface area contributed by atoms with Gasteiger partial charge in [0.2, 0.25) is 0 Å². The Kier molecular flexibility index (Phi) is 4.68. The highest BCUT2D eigenvalue weighted by molar-refractivity contribution is 5.04. The fourth-order valence-electron chi connectivity index (χ4n) is 2.99. The van der Waals surface area contributed by atoms with Crippen LogP contribution in [0.1, 0.15) is 69.1 Å². The van der Waals surface area contributed by atoms with Gasteiger partial charge < -0.3 is 9.47 Å². The minimum absolute atomic E-state index is 0.160. The van der Waals surface area contributed by atoms with E-state index in [1.54, 1.807) is 0 Å². The van der Waals surface area contributed by atoms with Gasteiger partial charge in [-0.05, 0) is 32.1 Å². The van der Waals surface area contributed by atoms with Gasteiger partial charge in [0.15, 0.2) is 11.6 Å². The Bertz CT molecular complexity index is 421. The van der Waals surface area contributed by atoms with E-state index in [9.17, 15) is 0 Å². The van der Waals surface area contributed by atoms with Crippen LogP contribution in [-0.2, 0) is 16.0 Å². The van der Waals surface area contributed by atoms with E-state index < -0.39 is 0 Å². The molecule has 0 saturated carbocycles. The van der Waals surface area contributed by atoms with Crippen molar-refractivity contribution in [2.24, 2.45) is 0 Å². The van der Waals surface area contributed by atoms with Crippen LogP contribution < -0.4 is 0 Å².